The molecule has 1 amide bonds. The minimum Gasteiger partial charge on any atom is -0.484 e. The highest BCUT2D eigenvalue weighted by atomic mass is 35.5. The maximum Gasteiger partial charge on any atom is 0.258 e. The number of rotatable bonds is 7. The van der Waals surface area contributed by atoms with E-state index in [9.17, 15) is 9.59 Å². The summed E-state index contributed by atoms with van der Waals surface area (Å²) in [6.07, 6.45) is 0.454. The van der Waals surface area contributed by atoms with Gasteiger partial charge in [-0.2, -0.15) is 0 Å². The highest BCUT2D eigenvalue weighted by Crippen LogP contribution is 2.20. The van der Waals surface area contributed by atoms with Crippen LogP contribution >= 0.6 is 23.2 Å². The first kappa shape index (κ1) is 18.3. The third-order valence-corrected chi connectivity index (χ3v) is 3.95. The van der Waals surface area contributed by atoms with Crippen LogP contribution in [0, 0.1) is 0 Å². The Morgan fingerprint density at radius 1 is 1.08 bits per heavy atom. The van der Waals surface area contributed by atoms with Crippen LogP contribution in [-0.4, -0.2) is 18.3 Å². The lowest BCUT2D eigenvalue weighted by Gasteiger charge is -2.09. The number of hydrogen-bond acceptors (Lipinski definition) is 3. The van der Waals surface area contributed by atoms with E-state index in [1.54, 1.807) is 42.5 Å². The normalized spacial score (nSPS) is 10.3. The van der Waals surface area contributed by atoms with Gasteiger partial charge in [-0.15, -0.1) is 0 Å². The molecule has 2 rings (SSSR count). The first-order valence-corrected chi connectivity index (χ1v) is 8.22. The Balaban J connectivity index is 1.81. The second kappa shape index (κ2) is 8.71. The lowest BCUT2D eigenvalue weighted by Crippen LogP contribution is -2.28. The van der Waals surface area contributed by atoms with Crippen molar-refractivity contribution in [2.24, 2.45) is 0 Å². The van der Waals surface area contributed by atoms with E-state index in [0.717, 1.165) is 5.56 Å². The molecule has 0 spiro atoms. The molecule has 0 aromatic heterocycles. The molecule has 1 N–H and O–H groups in total. The highest BCUT2D eigenvalue weighted by Gasteiger charge is 2.07. The number of Topliss-reactive ketones (excluding diaryl/α,β-unsaturated/α-hetero) is 1. The van der Waals surface area contributed by atoms with E-state index in [1.807, 2.05) is 6.92 Å². The van der Waals surface area contributed by atoms with Gasteiger partial charge < -0.3 is 10.1 Å². The highest BCUT2D eigenvalue weighted by molar-refractivity contribution is 6.35. The van der Waals surface area contributed by atoms with Gasteiger partial charge in [-0.1, -0.05) is 36.2 Å². The number of nitrogens with one attached hydrogen (secondary N) is 1. The zero-order valence-electron chi connectivity index (χ0n) is 13.1. The summed E-state index contributed by atoms with van der Waals surface area (Å²) in [6.45, 7) is 1.98. The molecule has 0 radical (unpaired) electrons. The second-order valence-electron chi connectivity index (χ2n) is 5.10. The van der Waals surface area contributed by atoms with Gasteiger partial charge in [-0.25, -0.2) is 0 Å². The molecule has 0 unspecified atom stereocenters. The van der Waals surface area contributed by atoms with Crippen molar-refractivity contribution in [3.63, 3.8) is 0 Å². The fourth-order valence-corrected chi connectivity index (χ4v) is 2.48. The Bertz CT molecular complexity index is 730. The number of hydrogen-bond donors (Lipinski definition) is 1. The summed E-state index contributed by atoms with van der Waals surface area (Å²) in [6, 6.07) is 11.8. The maximum absolute atomic E-state index is 11.8. The summed E-state index contributed by atoms with van der Waals surface area (Å²) in [5.41, 5.74) is 1.41. The number of halogens is 2. The molecule has 6 heteroatoms. The number of amides is 1. The summed E-state index contributed by atoms with van der Waals surface area (Å²) in [5, 5.41) is 3.77. The lowest BCUT2D eigenvalue weighted by atomic mass is 10.1. The van der Waals surface area contributed by atoms with Crippen LogP contribution < -0.4 is 10.1 Å². The number of benzene rings is 2. The van der Waals surface area contributed by atoms with Crippen LogP contribution in [0.3, 0.4) is 0 Å². The quantitative estimate of drug-likeness (QED) is 0.744. The van der Waals surface area contributed by atoms with E-state index in [1.165, 1.54) is 0 Å². The second-order valence-corrected chi connectivity index (χ2v) is 5.95. The van der Waals surface area contributed by atoms with E-state index < -0.39 is 0 Å². The molecule has 0 saturated carbocycles. The maximum atomic E-state index is 11.8. The van der Waals surface area contributed by atoms with Gasteiger partial charge in [0.2, 0.25) is 0 Å². The summed E-state index contributed by atoms with van der Waals surface area (Å²) < 4.78 is 5.40. The van der Waals surface area contributed by atoms with Crippen LogP contribution in [0.1, 0.15) is 29.3 Å². The average molecular weight is 366 g/mol. The van der Waals surface area contributed by atoms with Gasteiger partial charge in [0.15, 0.2) is 12.4 Å². The molecular weight excluding hydrogens is 349 g/mol. The van der Waals surface area contributed by atoms with Crippen molar-refractivity contribution in [1.29, 1.82) is 0 Å². The van der Waals surface area contributed by atoms with Crippen molar-refractivity contribution in [2.45, 2.75) is 19.9 Å². The largest absolute Gasteiger partial charge is 0.484 e. The molecule has 126 valence electrons. The van der Waals surface area contributed by atoms with Crippen molar-refractivity contribution < 1.29 is 14.3 Å². The van der Waals surface area contributed by atoms with Gasteiger partial charge >= 0.3 is 0 Å². The van der Waals surface area contributed by atoms with E-state index in [-0.39, 0.29) is 18.3 Å². The third kappa shape index (κ3) is 5.25. The average Bonchev–Trinajstić information content (AvgIpc) is 2.59. The molecule has 0 bridgehead atoms. The molecule has 0 aliphatic heterocycles. The number of ketones is 1. The molecule has 0 heterocycles. The van der Waals surface area contributed by atoms with E-state index in [2.05, 4.69) is 5.32 Å². The lowest BCUT2D eigenvalue weighted by molar-refractivity contribution is -0.123. The monoisotopic (exact) mass is 365 g/mol. The van der Waals surface area contributed by atoms with Crippen LogP contribution in [0.15, 0.2) is 42.5 Å². The van der Waals surface area contributed by atoms with E-state index >= 15 is 0 Å². The Hall–Kier alpha value is -2.04. The molecule has 2 aromatic rings. The first-order chi connectivity index (χ1) is 11.5. The smallest absolute Gasteiger partial charge is 0.258 e. The Kier molecular flexibility index (Phi) is 6.64. The molecule has 0 fully saturated rings. The summed E-state index contributed by atoms with van der Waals surface area (Å²) in [4.78, 5) is 23.4. The molecular formula is C18H17Cl2NO3. The van der Waals surface area contributed by atoms with Gasteiger partial charge in [0, 0.05) is 28.6 Å². The Morgan fingerprint density at radius 3 is 2.42 bits per heavy atom. The third-order valence-electron chi connectivity index (χ3n) is 3.36. The van der Waals surface area contributed by atoms with E-state index in [4.69, 9.17) is 27.9 Å². The standard InChI is InChI=1S/C18H17Cl2NO3/c1-2-17(22)12-4-7-15(8-5-12)24-11-18(23)21-10-13-3-6-14(19)9-16(13)20/h3-9H,2,10-11H2,1H3,(H,21,23). The Labute approximate surface area is 150 Å². The predicted octanol–water partition coefficient (Wildman–Crippen LogP) is 4.28. The Morgan fingerprint density at radius 2 is 1.79 bits per heavy atom. The molecule has 4 nitrogen and oxygen atoms in total. The summed E-state index contributed by atoms with van der Waals surface area (Å²) in [5.74, 6) is 0.330. The molecule has 0 aliphatic carbocycles. The number of ether oxygens (including phenoxy) is 1. The van der Waals surface area contributed by atoms with Gasteiger partial charge in [-0.3, -0.25) is 9.59 Å². The van der Waals surface area contributed by atoms with Crippen LogP contribution in [0.25, 0.3) is 0 Å². The van der Waals surface area contributed by atoms with Crippen molar-refractivity contribution in [2.75, 3.05) is 6.61 Å². The minimum absolute atomic E-state index is 0.0686. The molecule has 0 aliphatic rings. The van der Waals surface area contributed by atoms with Crippen LogP contribution in [0.5, 0.6) is 5.75 Å². The fraction of sp³-hybridized carbons (Fsp3) is 0.222. The van der Waals surface area contributed by atoms with Crippen molar-refractivity contribution in [3.05, 3.63) is 63.6 Å². The molecule has 0 saturated heterocycles. The molecule has 0 atom stereocenters. The molecule has 2 aromatic carbocycles. The minimum atomic E-state index is -0.269. The van der Waals surface area contributed by atoms with Gasteiger partial charge in [0.25, 0.3) is 5.91 Å². The number of carbonyl (C=O) groups is 2. The van der Waals surface area contributed by atoms with Gasteiger partial charge in [0.1, 0.15) is 5.75 Å². The van der Waals surface area contributed by atoms with E-state index in [0.29, 0.717) is 34.3 Å². The van der Waals surface area contributed by atoms with Gasteiger partial charge in [0.05, 0.1) is 0 Å². The fourth-order valence-electron chi connectivity index (χ4n) is 2.00. The zero-order valence-corrected chi connectivity index (χ0v) is 14.7. The summed E-state index contributed by atoms with van der Waals surface area (Å²) >= 11 is 11.9. The van der Waals surface area contributed by atoms with Crippen molar-refractivity contribution in [1.82, 2.24) is 5.32 Å². The molecule has 24 heavy (non-hydrogen) atoms. The first-order valence-electron chi connectivity index (χ1n) is 7.46. The van der Waals surface area contributed by atoms with Crippen LogP contribution in [0.4, 0.5) is 0 Å². The zero-order chi connectivity index (χ0) is 17.5. The predicted molar refractivity (Wildman–Crippen MR) is 94.9 cm³/mol. The topological polar surface area (TPSA) is 55.4 Å². The summed E-state index contributed by atoms with van der Waals surface area (Å²) in [7, 11) is 0. The SMILES string of the molecule is CCC(=O)c1ccc(OCC(=O)NCc2ccc(Cl)cc2Cl)cc1. The van der Waals surface area contributed by atoms with Crippen LogP contribution in [-0.2, 0) is 11.3 Å². The number of carbonyl (C=O) groups excluding carboxylic acids is 2. The van der Waals surface area contributed by atoms with Crippen LogP contribution in [0.2, 0.25) is 10.0 Å². The van der Waals surface area contributed by atoms with Gasteiger partial charge in [-0.05, 0) is 42.0 Å². The van der Waals surface area contributed by atoms with Crippen molar-refractivity contribution >= 4 is 34.9 Å². The van der Waals surface area contributed by atoms with Crippen molar-refractivity contribution in [3.8, 4) is 5.75 Å².